The maximum absolute atomic E-state index is 5.41. The Morgan fingerprint density at radius 1 is 1.16 bits per heavy atom. The molecule has 0 aliphatic heterocycles. The highest BCUT2D eigenvalue weighted by Crippen LogP contribution is 2.22. The van der Waals surface area contributed by atoms with Crippen molar-refractivity contribution in [1.29, 1.82) is 0 Å². The smallest absolute Gasteiger partial charge is 0.228 e. The zero-order chi connectivity index (χ0) is 18.1. The molecule has 0 amide bonds. The van der Waals surface area contributed by atoms with Gasteiger partial charge in [0.25, 0.3) is 0 Å². The molecule has 0 aliphatic carbocycles. The molecule has 0 atom stereocenters. The number of aliphatic imine (C=N–C) groups is 1. The molecule has 0 radical (unpaired) electrons. The van der Waals surface area contributed by atoms with E-state index in [0.717, 1.165) is 36.8 Å². The van der Waals surface area contributed by atoms with Crippen LogP contribution < -0.4 is 10.6 Å². The van der Waals surface area contributed by atoms with Crippen LogP contribution in [-0.2, 0) is 13.0 Å². The highest BCUT2D eigenvalue weighted by Gasteiger charge is 2.12. The summed E-state index contributed by atoms with van der Waals surface area (Å²) >= 11 is 0. The standard InChI is InChI=1S/C17H28N6O2/c1-5-13(6-2)15-10-14(24-23-15)11-20-17(18-7-3)19-9-8-16-21-12(4)22-25-16/h10,13H,5-9,11H2,1-4H3,(H2,18,19,20). The van der Waals surface area contributed by atoms with E-state index in [4.69, 9.17) is 9.05 Å². The third-order valence-electron chi connectivity index (χ3n) is 3.92. The predicted molar refractivity (Wildman–Crippen MR) is 95.4 cm³/mol. The van der Waals surface area contributed by atoms with Crippen molar-refractivity contribution >= 4 is 5.96 Å². The summed E-state index contributed by atoms with van der Waals surface area (Å²) in [4.78, 5) is 8.72. The van der Waals surface area contributed by atoms with E-state index in [1.54, 1.807) is 6.92 Å². The van der Waals surface area contributed by atoms with Gasteiger partial charge in [0, 0.05) is 31.5 Å². The van der Waals surface area contributed by atoms with Crippen molar-refractivity contribution in [1.82, 2.24) is 25.9 Å². The van der Waals surface area contributed by atoms with Gasteiger partial charge in [-0.2, -0.15) is 4.98 Å². The molecule has 2 N–H and O–H groups in total. The third-order valence-corrected chi connectivity index (χ3v) is 3.92. The van der Waals surface area contributed by atoms with Crippen molar-refractivity contribution in [3.05, 3.63) is 29.2 Å². The summed E-state index contributed by atoms with van der Waals surface area (Å²) in [5.41, 5.74) is 1.01. The lowest BCUT2D eigenvalue weighted by Crippen LogP contribution is -2.38. The number of hydrogen-bond donors (Lipinski definition) is 2. The van der Waals surface area contributed by atoms with E-state index in [1.807, 2.05) is 13.0 Å². The van der Waals surface area contributed by atoms with Gasteiger partial charge in [0.2, 0.25) is 5.89 Å². The van der Waals surface area contributed by atoms with Crippen LogP contribution in [0.5, 0.6) is 0 Å². The molecular weight excluding hydrogens is 320 g/mol. The molecule has 0 bridgehead atoms. The van der Waals surface area contributed by atoms with Gasteiger partial charge >= 0.3 is 0 Å². The van der Waals surface area contributed by atoms with Crippen molar-refractivity contribution in [2.24, 2.45) is 4.99 Å². The van der Waals surface area contributed by atoms with Crippen LogP contribution in [0.2, 0.25) is 0 Å². The average Bonchev–Trinajstić information content (AvgIpc) is 3.23. The van der Waals surface area contributed by atoms with Crippen LogP contribution in [0.1, 0.15) is 62.7 Å². The number of nitrogens with one attached hydrogen (secondary N) is 2. The number of aryl methyl sites for hydroxylation is 1. The van der Waals surface area contributed by atoms with Crippen LogP contribution in [0.4, 0.5) is 0 Å². The van der Waals surface area contributed by atoms with Gasteiger partial charge in [0.05, 0.1) is 5.69 Å². The quantitative estimate of drug-likeness (QED) is 0.530. The Morgan fingerprint density at radius 3 is 2.60 bits per heavy atom. The zero-order valence-corrected chi connectivity index (χ0v) is 15.5. The van der Waals surface area contributed by atoms with Gasteiger partial charge in [-0.05, 0) is 26.7 Å². The number of rotatable bonds is 9. The first-order valence-electron chi connectivity index (χ1n) is 8.93. The average molecular weight is 348 g/mol. The normalized spacial score (nSPS) is 12.0. The van der Waals surface area contributed by atoms with Gasteiger partial charge in [0.15, 0.2) is 17.5 Å². The van der Waals surface area contributed by atoms with Crippen molar-refractivity contribution in [2.75, 3.05) is 13.1 Å². The molecule has 2 aromatic heterocycles. The largest absolute Gasteiger partial charge is 0.359 e. The molecule has 0 spiro atoms. The first-order chi connectivity index (χ1) is 12.2. The molecule has 2 heterocycles. The second kappa shape index (κ2) is 9.80. The Bertz CT molecular complexity index is 660. The highest BCUT2D eigenvalue weighted by molar-refractivity contribution is 5.79. The summed E-state index contributed by atoms with van der Waals surface area (Å²) in [7, 11) is 0. The molecule has 25 heavy (non-hydrogen) atoms. The van der Waals surface area contributed by atoms with Crippen LogP contribution in [-0.4, -0.2) is 34.3 Å². The van der Waals surface area contributed by atoms with Crippen LogP contribution in [0, 0.1) is 6.92 Å². The molecule has 8 heteroatoms. The number of hydrogen-bond acceptors (Lipinski definition) is 6. The predicted octanol–water partition coefficient (Wildman–Crippen LogP) is 2.57. The second-order valence-corrected chi connectivity index (χ2v) is 5.84. The zero-order valence-electron chi connectivity index (χ0n) is 15.5. The Hall–Kier alpha value is -2.38. The van der Waals surface area contributed by atoms with Gasteiger partial charge in [-0.15, -0.1) is 0 Å². The van der Waals surface area contributed by atoms with Crippen LogP contribution in [0.3, 0.4) is 0 Å². The maximum Gasteiger partial charge on any atom is 0.228 e. The Morgan fingerprint density at radius 2 is 1.96 bits per heavy atom. The maximum atomic E-state index is 5.41. The van der Waals surface area contributed by atoms with Gasteiger partial charge in [-0.25, -0.2) is 4.99 Å². The summed E-state index contributed by atoms with van der Waals surface area (Å²) in [5.74, 6) is 3.21. The van der Waals surface area contributed by atoms with E-state index < -0.39 is 0 Å². The summed E-state index contributed by atoms with van der Waals surface area (Å²) in [5, 5.41) is 14.4. The molecule has 0 unspecified atom stereocenters. The molecule has 138 valence electrons. The van der Waals surface area contributed by atoms with Gasteiger partial charge in [0.1, 0.15) is 6.54 Å². The Balaban J connectivity index is 1.88. The molecule has 0 aliphatic rings. The lowest BCUT2D eigenvalue weighted by Gasteiger charge is -2.09. The van der Waals surface area contributed by atoms with Crippen molar-refractivity contribution in [2.45, 2.75) is 59.4 Å². The molecule has 8 nitrogen and oxygen atoms in total. The highest BCUT2D eigenvalue weighted by atomic mass is 16.5. The van der Waals surface area contributed by atoms with E-state index in [1.165, 1.54) is 0 Å². The van der Waals surface area contributed by atoms with Gasteiger partial charge in [-0.1, -0.05) is 24.2 Å². The fraction of sp³-hybridized carbons (Fsp3) is 0.647. The SMILES string of the molecule is CCNC(=NCc1cc(C(CC)CC)no1)NCCc1nc(C)no1. The van der Waals surface area contributed by atoms with Crippen molar-refractivity contribution < 1.29 is 9.05 Å². The summed E-state index contributed by atoms with van der Waals surface area (Å²) in [6.07, 6.45) is 2.77. The molecule has 0 fully saturated rings. The lowest BCUT2D eigenvalue weighted by atomic mass is 9.99. The lowest BCUT2D eigenvalue weighted by molar-refractivity contribution is 0.371. The number of guanidine groups is 1. The minimum atomic E-state index is 0.447. The Labute approximate surface area is 148 Å². The summed E-state index contributed by atoms with van der Waals surface area (Å²) < 4.78 is 10.5. The van der Waals surface area contributed by atoms with Gasteiger partial charge < -0.3 is 19.7 Å². The van der Waals surface area contributed by atoms with Crippen molar-refractivity contribution in [3.8, 4) is 0 Å². The number of nitrogens with zero attached hydrogens (tertiary/aromatic N) is 4. The van der Waals surface area contributed by atoms with E-state index >= 15 is 0 Å². The minimum absolute atomic E-state index is 0.447. The molecule has 0 saturated heterocycles. The summed E-state index contributed by atoms with van der Waals surface area (Å²) in [6, 6.07) is 2.01. The van der Waals surface area contributed by atoms with Crippen LogP contribution >= 0.6 is 0 Å². The molecular formula is C17H28N6O2. The van der Waals surface area contributed by atoms with Crippen molar-refractivity contribution in [3.63, 3.8) is 0 Å². The first-order valence-corrected chi connectivity index (χ1v) is 8.93. The number of aromatic nitrogens is 3. The second-order valence-electron chi connectivity index (χ2n) is 5.84. The molecule has 2 aromatic rings. The third kappa shape index (κ3) is 5.88. The van der Waals surface area contributed by atoms with Gasteiger partial charge in [-0.3, -0.25) is 0 Å². The van der Waals surface area contributed by atoms with E-state index in [2.05, 4.69) is 44.8 Å². The van der Waals surface area contributed by atoms with E-state index in [9.17, 15) is 0 Å². The first kappa shape index (κ1) is 19.0. The van der Waals surface area contributed by atoms with E-state index in [0.29, 0.717) is 37.1 Å². The molecule has 0 saturated carbocycles. The molecule has 0 aromatic carbocycles. The van der Waals surface area contributed by atoms with Crippen LogP contribution in [0.15, 0.2) is 20.1 Å². The fourth-order valence-electron chi connectivity index (χ4n) is 2.53. The fourth-order valence-corrected chi connectivity index (χ4v) is 2.53. The Kier molecular flexibility index (Phi) is 7.43. The topological polar surface area (TPSA) is 101 Å². The van der Waals surface area contributed by atoms with Crippen LogP contribution in [0.25, 0.3) is 0 Å². The minimum Gasteiger partial charge on any atom is -0.359 e. The van der Waals surface area contributed by atoms with E-state index in [-0.39, 0.29) is 0 Å². The monoisotopic (exact) mass is 348 g/mol. The molecule has 2 rings (SSSR count). The summed E-state index contributed by atoms with van der Waals surface area (Å²) in [6.45, 7) is 10.0.